The highest BCUT2D eigenvalue weighted by Crippen LogP contribution is 2.36. The number of benzene rings is 1. The topological polar surface area (TPSA) is 63.8 Å². The lowest BCUT2D eigenvalue weighted by Gasteiger charge is -2.10. The van der Waals surface area contributed by atoms with Crippen LogP contribution in [0.5, 0.6) is 0 Å². The second-order valence-electron chi connectivity index (χ2n) is 5.47. The predicted octanol–water partition coefficient (Wildman–Crippen LogP) is 3.45. The number of likely N-dealkylation sites (N-methyl/N-ethyl adjacent to an activating group) is 1. The fourth-order valence-electron chi connectivity index (χ4n) is 2.41. The molecule has 0 saturated heterocycles. The van der Waals surface area contributed by atoms with Crippen LogP contribution in [0.4, 0.5) is 13.2 Å². The standard InChI is InChI=1S/C16H15F3N4O/c1-9(20-2)8-13-22-15(24-23-13)11-6-7-21-14-10(11)4-3-5-12(14)16(17,18)19/h3-7,9,20H,8H2,1-2H3. The van der Waals surface area contributed by atoms with Gasteiger partial charge < -0.3 is 9.84 Å². The average molecular weight is 336 g/mol. The Labute approximate surface area is 135 Å². The Morgan fingerprint density at radius 2 is 2.04 bits per heavy atom. The van der Waals surface area contributed by atoms with E-state index in [1.807, 2.05) is 14.0 Å². The lowest BCUT2D eigenvalue weighted by Crippen LogP contribution is -2.24. The molecule has 8 heteroatoms. The monoisotopic (exact) mass is 336 g/mol. The Hall–Kier alpha value is -2.48. The molecule has 1 aromatic carbocycles. The molecule has 0 aliphatic rings. The molecule has 1 unspecified atom stereocenters. The number of hydrogen-bond acceptors (Lipinski definition) is 5. The molecule has 3 aromatic rings. The van der Waals surface area contributed by atoms with Crippen LogP contribution in [0.25, 0.3) is 22.4 Å². The van der Waals surface area contributed by atoms with E-state index in [2.05, 4.69) is 20.4 Å². The van der Waals surface area contributed by atoms with E-state index in [0.29, 0.717) is 23.2 Å². The molecule has 0 spiro atoms. The molecule has 0 radical (unpaired) electrons. The van der Waals surface area contributed by atoms with Gasteiger partial charge in [0.25, 0.3) is 5.89 Å². The Morgan fingerprint density at radius 3 is 2.75 bits per heavy atom. The lowest BCUT2D eigenvalue weighted by atomic mass is 10.0. The van der Waals surface area contributed by atoms with Crippen molar-refractivity contribution in [1.29, 1.82) is 0 Å². The van der Waals surface area contributed by atoms with Crippen LogP contribution in [0.3, 0.4) is 0 Å². The molecule has 0 amide bonds. The summed E-state index contributed by atoms with van der Waals surface area (Å²) in [6.07, 6.45) is -2.61. The number of hydrogen-bond donors (Lipinski definition) is 1. The van der Waals surface area contributed by atoms with Gasteiger partial charge in [0.1, 0.15) is 0 Å². The highest BCUT2D eigenvalue weighted by molar-refractivity contribution is 5.94. The molecule has 2 aromatic heterocycles. The first-order valence-electron chi connectivity index (χ1n) is 7.35. The summed E-state index contributed by atoms with van der Waals surface area (Å²) >= 11 is 0. The molecule has 1 atom stereocenters. The maximum atomic E-state index is 13.1. The third-order valence-corrected chi connectivity index (χ3v) is 3.76. The van der Waals surface area contributed by atoms with Crippen molar-refractivity contribution >= 4 is 10.9 Å². The third kappa shape index (κ3) is 3.09. The summed E-state index contributed by atoms with van der Waals surface area (Å²) in [7, 11) is 1.82. The first-order valence-corrected chi connectivity index (χ1v) is 7.35. The molecule has 2 heterocycles. The highest BCUT2D eigenvalue weighted by atomic mass is 19.4. The largest absolute Gasteiger partial charge is 0.418 e. The van der Waals surface area contributed by atoms with Gasteiger partial charge in [0.2, 0.25) is 0 Å². The second kappa shape index (κ2) is 6.20. The number of para-hydroxylation sites is 1. The average Bonchev–Trinajstić information content (AvgIpc) is 3.00. The van der Waals surface area contributed by atoms with Crippen LogP contribution in [0, 0.1) is 0 Å². The van der Waals surface area contributed by atoms with Gasteiger partial charge in [-0.05, 0) is 26.1 Å². The molecule has 0 saturated carbocycles. The summed E-state index contributed by atoms with van der Waals surface area (Å²) in [6, 6.07) is 5.64. The van der Waals surface area contributed by atoms with Crippen molar-refractivity contribution in [2.45, 2.75) is 25.6 Å². The number of rotatable bonds is 4. The van der Waals surface area contributed by atoms with Crippen molar-refractivity contribution in [3.63, 3.8) is 0 Å². The Morgan fingerprint density at radius 1 is 1.25 bits per heavy atom. The van der Waals surface area contributed by atoms with Crippen LogP contribution in [-0.4, -0.2) is 28.2 Å². The molecule has 1 N–H and O–H groups in total. The van der Waals surface area contributed by atoms with Gasteiger partial charge in [-0.2, -0.15) is 18.2 Å². The molecule has 0 aliphatic heterocycles. The molecule has 5 nitrogen and oxygen atoms in total. The van der Waals surface area contributed by atoms with E-state index < -0.39 is 11.7 Å². The minimum Gasteiger partial charge on any atom is -0.334 e. The molecule has 3 rings (SSSR count). The van der Waals surface area contributed by atoms with Gasteiger partial charge in [-0.1, -0.05) is 17.3 Å². The summed E-state index contributed by atoms with van der Waals surface area (Å²) in [6.45, 7) is 1.97. The van der Waals surface area contributed by atoms with Crippen LogP contribution >= 0.6 is 0 Å². The molecule has 0 aliphatic carbocycles. The number of nitrogens with one attached hydrogen (secondary N) is 1. The van der Waals surface area contributed by atoms with E-state index in [-0.39, 0.29) is 17.4 Å². The van der Waals surface area contributed by atoms with Crippen molar-refractivity contribution in [2.75, 3.05) is 7.05 Å². The normalized spacial score (nSPS) is 13.4. The van der Waals surface area contributed by atoms with Gasteiger partial charge in [-0.3, -0.25) is 4.98 Å². The van der Waals surface area contributed by atoms with E-state index in [0.717, 1.165) is 6.07 Å². The van der Waals surface area contributed by atoms with Gasteiger partial charge in [0, 0.05) is 24.0 Å². The van der Waals surface area contributed by atoms with Crippen LogP contribution in [-0.2, 0) is 12.6 Å². The third-order valence-electron chi connectivity index (χ3n) is 3.76. The second-order valence-corrected chi connectivity index (χ2v) is 5.47. The Kier molecular flexibility index (Phi) is 4.23. The number of aromatic nitrogens is 3. The smallest absolute Gasteiger partial charge is 0.334 e. The van der Waals surface area contributed by atoms with Gasteiger partial charge in [0.15, 0.2) is 5.82 Å². The summed E-state index contributed by atoms with van der Waals surface area (Å²) in [5.74, 6) is 0.670. The Bertz CT molecular complexity index is 860. The van der Waals surface area contributed by atoms with E-state index in [1.165, 1.54) is 12.3 Å². The van der Waals surface area contributed by atoms with Crippen molar-refractivity contribution in [3.8, 4) is 11.5 Å². The van der Waals surface area contributed by atoms with Gasteiger partial charge in [0.05, 0.1) is 16.6 Å². The van der Waals surface area contributed by atoms with E-state index in [9.17, 15) is 13.2 Å². The first kappa shape index (κ1) is 16.4. The first-order chi connectivity index (χ1) is 11.4. The summed E-state index contributed by atoms with van der Waals surface area (Å²) in [5.41, 5.74) is -0.488. The quantitative estimate of drug-likeness (QED) is 0.790. The Balaban J connectivity index is 2.08. The van der Waals surface area contributed by atoms with E-state index >= 15 is 0 Å². The summed E-state index contributed by atoms with van der Waals surface area (Å²) in [5, 5.41) is 7.27. The number of fused-ring (bicyclic) bond motifs is 1. The maximum Gasteiger partial charge on any atom is 0.418 e. The minimum atomic E-state index is -4.48. The van der Waals surface area contributed by atoms with Gasteiger partial charge >= 0.3 is 6.18 Å². The summed E-state index contributed by atoms with van der Waals surface area (Å²) in [4.78, 5) is 8.17. The number of alkyl halides is 3. The van der Waals surface area contributed by atoms with Crippen molar-refractivity contribution in [1.82, 2.24) is 20.4 Å². The molecule has 0 bridgehead atoms. The maximum absolute atomic E-state index is 13.1. The molecule has 24 heavy (non-hydrogen) atoms. The molecule has 126 valence electrons. The number of nitrogens with zero attached hydrogens (tertiary/aromatic N) is 3. The lowest BCUT2D eigenvalue weighted by molar-refractivity contribution is -0.136. The van der Waals surface area contributed by atoms with E-state index in [1.54, 1.807) is 12.1 Å². The van der Waals surface area contributed by atoms with Gasteiger partial charge in [-0.15, -0.1) is 0 Å². The highest BCUT2D eigenvalue weighted by Gasteiger charge is 2.33. The van der Waals surface area contributed by atoms with Crippen LogP contribution in [0.2, 0.25) is 0 Å². The zero-order valence-corrected chi connectivity index (χ0v) is 13.1. The molecule has 0 fully saturated rings. The zero-order chi connectivity index (χ0) is 17.3. The van der Waals surface area contributed by atoms with Crippen molar-refractivity contribution < 1.29 is 17.7 Å². The molecular weight excluding hydrogens is 321 g/mol. The van der Waals surface area contributed by atoms with E-state index in [4.69, 9.17) is 4.52 Å². The van der Waals surface area contributed by atoms with Crippen molar-refractivity contribution in [2.24, 2.45) is 0 Å². The van der Waals surface area contributed by atoms with Crippen molar-refractivity contribution in [3.05, 3.63) is 41.9 Å². The number of pyridine rings is 1. The van der Waals surface area contributed by atoms with Crippen LogP contribution in [0.15, 0.2) is 35.0 Å². The fraction of sp³-hybridized carbons (Fsp3) is 0.312. The predicted molar refractivity (Wildman–Crippen MR) is 82.3 cm³/mol. The van der Waals surface area contributed by atoms with Crippen LogP contribution < -0.4 is 5.32 Å². The number of halogens is 3. The molecular formula is C16H15F3N4O. The fourth-order valence-corrected chi connectivity index (χ4v) is 2.41. The van der Waals surface area contributed by atoms with Crippen LogP contribution in [0.1, 0.15) is 18.3 Å². The minimum absolute atomic E-state index is 0.133. The van der Waals surface area contributed by atoms with Gasteiger partial charge in [-0.25, -0.2) is 0 Å². The SMILES string of the molecule is CNC(C)Cc1noc(-c2ccnc3c(C(F)(F)F)cccc23)n1. The summed E-state index contributed by atoms with van der Waals surface area (Å²) < 4.78 is 44.7. The zero-order valence-electron chi connectivity index (χ0n) is 13.1.